The minimum atomic E-state index is -4.12. The largest absolute Gasteiger partial charge is 0.465 e. The van der Waals surface area contributed by atoms with Gasteiger partial charge in [0.2, 0.25) is 15.9 Å². The van der Waals surface area contributed by atoms with E-state index < -0.39 is 34.3 Å². The van der Waals surface area contributed by atoms with Gasteiger partial charge in [-0.3, -0.25) is 4.79 Å². The Morgan fingerprint density at radius 3 is 2.27 bits per heavy atom. The van der Waals surface area contributed by atoms with Crippen LogP contribution in [0.1, 0.15) is 15.9 Å². The van der Waals surface area contributed by atoms with Crippen LogP contribution in [0.5, 0.6) is 0 Å². The van der Waals surface area contributed by atoms with E-state index in [1.54, 1.807) is 12.1 Å². The zero-order chi connectivity index (χ0) is 24.0. The lowest BCUT2D eigenvalue weighted by Gasteiger charge is -2.22. The van der Waals surface area contributed by atoms with E-state index in [9.17, 15) is 22.4 Å². The Hall–Kier alpha value is -3.27. The minimum Gasteiger partial charge on any atom is -0.465 e. The third kappa shape index (κ3) is 6.16. The molecule has 0 radical (unpaired) electrons. The Morgan fingerprint density at radius 1 is 1.00 bits per heavy atom. The van der Waals surface area contributed by atoms with E-state index in [2.05, 4.69) is 5.32 Å². The monoisotopic (exact) mass is 490 g/mol. The van der Waals surface area contributed by atoms with Gasteiger partial charge in [0.05, 0.1) is 29.8 Å². The summed E-state index contributed by atoms with van der Waals surface area (Å²) in [6, 6.07) is 17.0. The average molecular weight is 491 g/mol. The van der Waals surface area contributed by atoms with Crippen LogP contribution >= 0.6 is 11.6 Å². The number of ether oxygens (including phenoxy) is 1. The molecule has 1 amide bonds. The molecule has 0 saturated heterocycles. The number of carbonyl (C=O) groups is 2. The summed E-state index contributed by atoms with van der Waals surface area (Å²) in [5.74, 6) is -1.79. The van der Waals surface area contributed by atoms with Crippen molar-refractivity contribution in [1.82, 2.24) is 4.31 Å². The van der Waals surface area contributed by atoms with Gasteiger partial charge in [-0.2, -0.15) is 4.31 Å². The first-order valence-corrected chi connectivity index (χ1v) is 11.5. The fourth-order valence-corrected chi connectivity index (χ4v) is 4.52. The molecule has 172 valence electrons. The molecule has 0 saturated carbocycles. The number of nitrogens with one attached hydrogen (secondary N) is 1. The number of nitrogens with zero attached hydrogens (tertiary/aromatic N) is 1. The number of methoxy groups -OCH3 is 1. The highest BCUT2D eigenvalue weighted by atomic mass is 35.5. The van der Waals surface area contributed by atoms with Crippen LogP contribution in [0.15, 0.2) is 77.7 Å². The maximum atomic E-state index is 13.3. The van der Waals surface area contributed by atoms with Gasteiger partial charge in [-0.1, -0.05) is 35.9 Å². The highest BCUT2D eigenvalue weighted by Gasteiger charge is 2.27. The number of amides is 1. The summed E-state index contributed by atoms with van der Waals surface area (Å²) in [6.45, 7) is -0.741. The van der Waals surface area contributed by atoms with E-state index in [1.807, 2.05) is 0 Å². The molecule has 3 rings (SSSR count). The van der Waals surface area contributed by atoms with Gasteiger partial charge in [0.25, 0.3) is 0 Å². The van der Waals surface area contributed by atoms with Crippen LogP contribution in [0, 0.1) is 5.82 Å². The fraction of sp³-hybridized carbons (Fsp3) is 0.130. The molecule has 10 heteroatoms. The van der Waals surface area contributed by atoms with Crippen LogP contribution in [0.2, 0.25) is 5.02 Å². The Bertz CT molecular complexity index is 1250. The minimum absolute atomic E-state index is 0.0585. The molecule has 0 fully saturated rings. The van der Waals surface area contributed by atoms with Gasteiger partial charge in [-0.25, -0.2) is 17.6 Å². The van der Waals surface area contributed by atoms with Gasteiger partial charge in [0.1, 0.15) is 5.82 Å². The standard InChI is InChI=1S/C23H20ClFN2O5S/c1-32-23(29)20-4-2-3-5-21(20)26-22(28)15-27(14-16-6-10-18(25)11-7-16)33(30,31)19-12-8-17(24)9-13-19/h2-13H,14-15H2,1H3,(H,26,28). The van der Waals surface area contributed by atoms with E-state index in [0.29, 0.717) is 10.6 Å². The summed E-state index contributed by atoms with van der Waals surface area (Å²) >= 11 is 5.87. The molecule has 0 aliphatic rings. The lowest BCUT2D eigenvalue weighted by Crippen LogP contribution is -2.37. The van der Waals surface area contributed by atoms with Gasteiger partial charge in [-0.05, 0) is 54.1 Å². The number of sulfonamides is 1. The van der Waals surface area contributed by atoms with Crippen molar-refractivity contribution in [3.8, 4) is 0 Å². The van der Waals surface area contributed by atoms with Crippen molar-refractivity contribution in [2.75, 3.05) is 19.0 Å². The van der Waals surface area contributed by atoms with Crippen LogP contribution in [-0.2, 0) is 26.1 Å². The van der Waals surface area contributed by atoms with Crippen molar-refractivity contribution in [2.24, 2.45) is 0 Å². The maximum absolute atomic E-state index is 13.3. The van der Waals surface area contributed by atoms with Crippen LogP contribution in [-0.4, -0.2) is 38.3 Å². The Kier molecular flexibility index (Phi) is 7.80. The maximum Gasteiger partial charge on any atom is 0.339 e. The molecule has 0 unspecified atom stereocenters. The predicted molar refractivity (Wildman–Crippen MR) is 122 cm³/mol. The summed E-state index contributed by atoms with van der Waals surface area (Å²) in [6.07, 6.45) is 0. The van der Waals surface area contributed by atoms with Crippen molar-refractivity contribution in [3.63, 3.8) is 0 Å². The molecule has 0 aliphatic carbocycles. The Labute approximate surface area is 195 Å². The molecule has 3 aromatic rings. The Morgan fingerprint density at radius 2 is 1.64 bits per heavy atom. The molecule has 0 aromatic heterocycles. The van der Waals surface area contributed by atoms with Gasteiger partial charge >= 0.3 is 5.97 Å². The first-order chi connectivity index (χ1) is 15.7. The molecular formula is C23H20ClFN2O5S. The first-order valence-electron chi connectivity index (χ1n) is 9.68. The lowest BCUT2D eigenvalue weighted by atomic mass is 10.2. The predicted octanol–water partition coefficient (Wildman–Crippen LogP) is 4.10. The second-order valence-electron chi connectivity index (χ2n) is 6.94. The van der Waals surface area contributed by atoms with Crippen LogP contribution in [0.4, 0.5) is 10.1 Å². The second kappa shape index (κ2) is 10.6. The molecule has 0 spiro atoms. The average Bonchev–Trinajstić information content (AvgIpc) is 2.80. The summed E-state index contributed by atoms with van der Waals surface area (Å²) in [5.41, 5.74) is 0.788. The van der Waals surface area contributed by atoms with E-state index >= 15 is 0 Å². The number of halogens is 2. The number of benzene rings is 3. The van der Waals surface area contributed by atoms with E-state index in [1.165, 1.54) is 67.8 Å². The molecule has 0 heterocycles. The fourth-order valence-electron chi connectivity index (χ4n) is 3.00. The molecular weight excluding hydrogens is 471 g/mol. The van der Waals surface area contributed by atoms with Gasteiger partial charge in [-0.15, -0.1) is 0 Å². The van der Waals surface area contributed by atoms with Crippen LogP contribution in [0.25, 0.3) is 0 Å². The normalized spacial score (nSPS) is 11.3. The van der Waals surface area contributed by atoms with Crippen molar-refractivity contribution < 1.29 is 27.1 Å². The third-order valence-corrected chi connectivity index (χ3v) is 6.71. The number of para-hydroxylation sites is 1. The molecule has 7 nitrogen and oxygen atoms in total. The number of carbonyl (C=O) groups excluding carboxylic acids is 2. The zero-order valence-corrected chi connectivity index (χ0v) is 19.1. The quantitative estimate of drug-likeness (QED) is 0.480. The molecule has 33 heavy (non-hydrogen) atoms. The highest BCUT2D eigenvalue weighted by Crippen LogP contribution is 2.22. The molecule has 1 N–H and O–H groups in total. The summed E-state index contributed by atoms with van der Waals surface area (Å²) in [5, 5.41) is 2.91. The molecule has 0 atom stereocenters. The van der Waals surface area contributed by atoms with E-state index in [-0.39, 0.29) is 22.7 Å². The lowest BCUT2D eigenvalue weighted by molar-refractivity contribution is -0.116. The molecule has 0 aliphatic heterocycles. The third-order valence-electron chi connectivity index (χ3n) is 4.65. The van der Waals surface area contributed by atoms with Crippen molar-refractivity contribution in [2.45, 2.75) is 11.4 Å². The van der Waals surface area contributed by atoms with E-state index in [0.717, 1.165) is 4.31 Å². The number of hydrogen-bond acceptors (Lipinski definition) is 5. The van der Waals surface area contributed by atoms with Crippen LogP contribution < -0.4 is 5.32 Å². The molecule has 3 aromatic carbocycles. The Balaban J connectivity index is 1.89. The number of esters is 1. The van der Waals surface area contributed by atoms with Crippen molar-refractivity contribution >= 4 is 39.2 Å². The number of rotatable bonds is 8. The van der Waals surface area contributed by atoms with Crippen molar-refractivity contribution in [1.29, 1.82) is 0 Å². The zero-order valence-electron chi connectivity index (χ0n) is 17.5. The van der Waals surface area contributed by atoms with Gasteiger partial charge < -0.3 is 10.1 Å². The topological polar surface area (TPSA) is 92.8 Å². The van der Waals surface area contributed by atoms with Crippen molar-refractivity contribution in [3.05, 3.63) is 94.8 Å². The SMILES string of the molecule is COC(=O)c1ccccc1NC(=O)CN(Cc1ccc(F)cc1)S(=O)(=O)c1ccc(Cl)cc1. The second-order valence-corrected chi connectivity index (χ2v) is 9.31. The summed E-state index contributed by atoms with van der Waals surface area (Å²) in [7, 11) is -2.90. The first kappa shape index (κ1) is 24.4. The smallest absolute Gasteiger partial charge is 0.339 e. The number of hydrogen-bond donors (Lipinski definition) is 1. The highest BCUT2D eigenvalue weighted by molar-refractivity contribution is 7.89. The van der Waals surface area contributed by atoms with Gasteiger partial charge in [0.15, 0.2) is 0 Å². The van der Waals surface area contributed by atoms with Crippen LogP contribution in [0.3, 0.4) is 0 Å². The van der Waals surface area contributed by atoms with Gasteiger partial charge in [0, 0.05) is 11.6 Å². The molecule has 0 bridgehead atoms. The van der Waals surface area contributed by atoms with E-state index in [4.69, 9.17) is 16.3 Å². The summed E-state index contributed by atoms with van der Waals surface area (Å²) in [4.78, 5) is 24.7. The number of anilines is 1. The summed E-state index contributed by atoms with van der Waals surface area (Å²) < 4.78 is 45.5.